The molecule has 1 aromatic carbocycles. The van der Waals surface area contributed by atoms with E-state index in [1.54, 1.807) is 23.9 Å². The quantitative estimate of drug-likeness (QED) is 0.700. The van der Waals surface area contributed by atoms with Crippen LogP contribution in [0.1, 0.15) is 11.1 Å². The molecule has 4 nitrogen and oxygen atoms in total. The Bertz CT molecular complexity index is 442. The third kappa shape index (κ3) is 2.73. The Morgan fingerprint density at radius 2 is 2.24 bits per heavy atom. The molecule has 2 rings (SSSR count). The van der Waals surface area contributed by atoms with Crippen LogP contribution in [0.2, 0.25) is 0 Å². The average Bonchev–Trinajstić information content (AvgIpc) is 2.79. The maximum absolute atomic E-state index is 11.9. The molecule has 1 amide bonds. The van der Waals surface area contributed by atoms with E-state index in [4.69, 9.17) is 0 Å². The molecule has 1 saturated heterocycles. The van der Waals surface area contributed by atoms with Crippen LogP contribution in [0, 0.1) is 13.8 Å². The number of thioether (sulfide) groups is 1. The van der Waals surface area contributed by atoms with Crippen molar-refractivity contribution in [1.82, 2.24) is 5.32 Å². The summed E-state index contributed by atoms with van der Waals surface area (Å²) in [6, 6.07) is 3.35. The van der Waals surface area contributed by atoms with Crippen LogP contribution in [-0.4, -0.2) is 28.7 Å². The molecule has 0 aromatic heterocycles. The summed E-state index contributed by atoms with van der Waals surface area (Å²) in [5.41, 5.74) is 2.40. The van der Waals surface area contributed by atoms with Crippen LogP contribution >= 0.6 is 11.8 Å². The third-order valence-corrected chi connectivity index (χ3v) is 3.77. The van der Waals surface area contributed by atoms with Gasteiger partial charge in [0.2, 0.25) is 5.91 Å². The fraction of sp³-hybridized carbons (Fsp3) is 0.417. The number of phenolic OH excluding ortho intramolecular Hbond substituents is 1. The van der Waals surface area contributed by atoms with E-state index in [0.717, 1.165) is 28.4 Å². The predicted molar refractivity (Wildman–Crippen MR) is 70.5 cm³/mol. The van der Waals surface area contributed by atoms with E-state index < -0.39 is 0 Å². The van der Waals surface area contributed by atoms with Gasteiger partial charge in [0.1, 0.15) is 5.75 Å². The lowest BCUT2D eigenvalue weighted by Crippen LogP contribution is -2.37. The molecular formula is C12H16N2O2S. The zero-order valence-electron chi connectivity index (χ0n) is 9.91. The van der Waals surface area contributed by atoms with Gasteiger partial charge in [0.15, 0.2) is 0 Å². The number of carbonyl (C=O) groups excluding carboxylic acids is 1. The van der Waals surface area contributed by atoms with Crippen LogP contribution in [0.4, 0.5) is 5.69 Å². The fourth-order valence-corrected chi connectivity index (χ4v) is 2.66. The Hall–Kier alpha value is -1.20. The second-order valence-corrected chi connectivity index (χ2v) is 5.24. The van der Waals surface area contributed by atoms with Crippen molar-refractivity contribution in [3.63, 3.8) is 0 Å². The van der Waals surface area contributed by atoms with E-state index in [1.807, 2.05) is 13.8 Å². The molecule has 92 valence electrons. The number of amides is 1. The standard InChI is InChI=1S/C12H16N2O2S/c1-7-4-11(15)8(2)3-9(7)14-12(16)10-5-17-6-13-10/h3-4,10,13,15H,5-6H2,1-2H3,(H,14,16). The third-order valence-electron chi connectivity index (χ3n) is 2.83. The first kappa shape index (κ1) is 12.3. The van der Waals surface area contributed by atoms with Crippen molar-refractivity contribution in [2.45, 2.75) is 19.9 Å². The number of benzene rings is 1. The Kier molecular flexibility index (Phi) is 3.59. The minimum atomic E-state index is -0.117. The largest absolute Gasteiger partial charge is 0.508 e. The summed E-state index contributed by atoms with van der Waals surface area (Å²) in [6.45, 7) is 3.68. The van der Waals surface area contributed by atoms with E-state index in [-0.39, 0.29) is 17.7 Å². The van der Waals surface area contributed by atoms with Gasteiger partial charge in [0.05, 0.1) is 6.04 Å². The number of carbonyl (C=O) groups is 1. The topological polar surface area (TPSA) is 61.4 Å². The van der Waals surface area contributed by atoms with Gasteiger partial charge in [-0.3, -0.25) is 10.1 Å². The van der Waals surface area contributed by atoms with Crippen molar-refractivity contribution in [3.05, 3.63) is 23.3 Å². The molecule has 1 fully saturated rings. The van der Waals surface area contributed by atoms with Gasteiger partial charge in [0, 0.05) is 17.3 Å². The average molecular weight is 252 g/mol. The SMILES string of the molecule is Cc1cc(NC(=O)C2CSCN2)c(C)cc1O. The summed E-state index contributed by atoms with van der Waals surface area (Å²) in [5.74, 6) is 1.88. The molecule has 0 saturated carbocycles. The zero-order chi connectivity index (χ0) is 12.4. The number of anilines is 1. The molecule has 1 aliphatic rings. The molecule has 17 heavy (non-hydrogen) atoms. The highest BCUT2D eigenvalue weighted by Gasteiger charge is 2.22. The lowest BCUT2D eigenvalue weighted by Gasteiger charge is -2.13. The van der Waals surface area contributed by atoms with Crippen molar-refractivity contribution in [2.75, 3.05) is 16.9 Å². The normalized spacial score (nSPS) is 19.3. The van der Waals surface area contributed by atoms with E-state index >= 15 is 0 Å². The summed E-state index contributed by atoms with van der Waals surface area (Å²) >= 11 is 1.72. The molecule has 3 N–H and O–H groups in total. The molecule has 1 aliphatic heterocycles. The predicted octanol–water partition coefficient (Wildman–Crippen LogP) is 1.61. The van der Waals surface area contributed by atoms with Gasteiger partial charge in [-0.25, -0.2) is 0 Å². The molecule has 1 aromatic rings. The summed E-state index contributed by atoms with van der Waals surface area (Å²) < 4.78 is 0. The highest BCUT2D eigenvalue weighted by molar-refractivity contribution is 7.99. The van der Waals surface area contributed by atoms with Crippen LogP contribution in [0.3, 0.4) is 0 Å². The maximum Gasteiger partial charge on any atom is 0.242 e. The van der Waals surface area contributed by atoms with Crippen molar-refractivity contribution in [3.8, 4) is 5.75 Å². The minimum absolute atomic E-state index is 0.0109. The maximum atomic E-state index is 11.9. The van der Waals surface area contributed by atoms with Crippen LogP contribution in [0.15, 0.2) is 12.1 Å². The first-order valence-electron chi connectivity index (χ1n) is 5.50. The first-order chi connectivity index (χ1) is 8.08. The van der Waals surface area contributed by atoms with Gasteiger partial charge >= 0.3 is 0 Å². The molecule has 1 heterocycles. The lowest BCUT2D eigenvalue weighted by molar-refractivity contribution is -0.117. The summed E-state index contributed by atoms with van der Waals surface area (Å²) in [5, 5.41) is 15.6. The van der Waals surface area contributed by atoms with Gasteiger partial charge in [-0.1, -0.05) is 0 Å². The Labute approximate surface area is 105 Å². The highest BCUT2D eigenvalue weighted by Crippen LogP contribution is 2.25. The van der Waals surface area contributed by atoms with Crippen molar-refractivity contribution in [1.29, 1.82) is 0 Å². The number of hydrogen-bond acceptors (Lipinski definition) is 4. The van der Waals surface area contributed by atoms with Gasteiger partial charge in [-0.2, -0.15) is 0 Å². The zero-order valence-corrected chi connectivity index (χ0v) is 10.7. The molecule has 1 atom stereocenters. The van der Waals surface area contributed by atoms with Crippen molar-refractivity contribution >= 4 is 23.4 Å². The molecule has 0 spiro atoms. The van der Waals surface area contributed by atoms with E-state index in [2.05, 4.69) is 10.6 Å². The number of hydrogen-bond donors (Lipinski definition) is 3. The van der Waals surface area contributed by atoms with E-state index in [9.17, 15) is 9.90 Å². The Morgan fingerprint density at radius 3 is 2.88 bits per heavy atom. The molecule has 5 heteroatoms. The highest BCUT2D eigenvalue weighted by atomic mass is 32.2. The van der Waals surface area contributed by atoms with E-state index in [1.165, 1.54) is 0 Å². The monoisotopic (exact) mass is 252 g/mol. The van der Waals surface area contributed by atoms with Gasteiger partial charge in [-0.15, -0.1) is 11.8 Å². The van der Waals surface area contributed by atoms with Crippen LogP contribution < -0.4 is 10.6 Å². The second-order valence-electron chi connectivity index (χ2n) is 4.21. The van der Waals surface area contributed by atoms with Crippen LogP contribution in [0.5, 0.6) is 5.75 Å². The van der Waals surface area contributed by atoms with Crippen molar-refractivity contribution in [2.24, 2.45) is 0 Å². The van der Waals surface area contributed by atoms with Gasteiger partial charge in [-0.05, 0) is 37.1 Å². The molecule has 0 bridgehead atoms. The summed E-state index contributed by atoms with van der Waals surface area (Å²) in [4.78, 5) is 11.9. The number of aryl methyl sites for hydroxylation is 2. The summed E-state index contributed by atoms with van der Waals surface area (Å²) in [6.07, 6.45) is 0. The Morgan fingerprint density at radius 1 is 1.47 bits per heavy atom. The molecule has 0 aliphatic carbocycles. The van der Waals surface area contributed by atoms with Gasteiger partial charge < -0.3 is 10.4 Å². The first-order valence-corrected chi connectivity index (χ1v) is 6.65. The lowest BCUT2D eigenvalue weighted by atomic mass is 10.1. The summed E-state index contributed by atoms with van der Waals surface area (Å²) in [7, 11) is 0. The second kappa shape index (κ2) is 4.98. The van der Waals surface area contributed by atoms with Crippen molar-refractivity contribution < 1.29 is 9.90 Å². The minimum Gasteiger partial charge on any atom is -0.508 e. The molecular weight excluding hydrogens is 236 g/mol. The number of nitrogens with one attached hydrogen (secondary N) is 2. The number of phenols is 1. The Balaban J connectivity index is 2.12. The number of aromatic hydroxyl groups is 1. The number of rotatable bonds is 2. The smallest absolute Gasteiger partial charge is 0.242 e. The van der Waals surface area contributed by atoms with E-state index in [0.29, 0.717) is 0 Å². The van der Waals surface area contributed by atoms with Crippen LogP contribution in [-0.2, 0) is 4.79 Å². The molecule has 0 radical (unpaired) electrons. The van der Waals surface area contributed by atoms with Gasteiger partial charge in [0.25, 0.3) is 0 Å². The molecule has 1 unspecified atom stereocenters. The fourth-order valence-electron chi connectivity index (χ4n) is 1.72. The van der Waals surface area contributed by atoms with Crippen LogP contribution in [0.25, 0.3) is 0 Å².